The third kappa shape index (κ3) is 5.81. The second-order valence-electron chi connectivity index (χ2n) is 2.08. The molecule has 0 aliphatic rings. The first-order valence-electron chi connectivity index (χ1n) is 3.65. The van der Waals surface area contributed by atoms with Gasteiger partial charge in [-0.3, -0.25) is 0 Å². The van der Waals surface area contributed by atoms with Crippen molar-refractivity contribution in [1.82, 2.24) is 0 Å². The van der Waals surface area contributed by atoms with Crippen LogP contribution in [0.2, 0.25) is 6.04 Å². The predicted molar refractivity (Wildman–Crippen MR) is 45.9 cm³/mol. The SMILES string of the molecule is C=CC(=O)OC(C)O[SiH2]CC. The Hall–Kier alpha value is -0.613. The van der Waals surface area contributed by atoms with E-state index in [2.05, 4.69) is 6.58 Å². The molecule has 0 fully saturated rings. The van der Waals surface area contributed by atoms with Gasteiger partial charge >= 0.3 is 5.97 Å². The van der Waals surface area contributed by atoms with Crippen molar-refractivity contribution >= 4 is 15.7 Å². The minimum Gasteiger partial charge on any atom is -0.434 e. The molecule has 64 valence electrons. The van der Waals surface area contributed by atoms with Gasteiger partial charge in [-0.25, -0.2) is 4.79 Å². The van der Waals surface area contributed by atoms with E-state index < -0.39 is 22.0 Å². The van der Waals surface area contributed by atoms with Crippen LogP contribution in [0.1, 0.15) is 13.8 Å². The molecule has 0 heterocycles. The summed E-state index contributed by atoms with van der Waals surface area (Å²) in [6, 6.07) is 1.05. The molecule has 0 bridgehead atoms. The quantitative estimate of drug-likeness (QED) is 0.265. The molecule has 4 heteroatoms. The standard InChI is InChI=1S/C7H14O3Si/c1-4-7(8)9-6(3)10-11-5-2/h4,6H,1,5,11H2,2-3H3. The molecule has 0 spiro atoms. The Labute approximate surface area is 69.3 Å². The molecule has 0 radical (unpaired) electrons. The van der Waals surface area contributed by atoms with Gasteiger partial charge in [0.05, 0.1) is 0 Å². The van der Waals surface area contributed by atoms with E-state index in [0.717, 1.165) is 12.1 Å². The highest BCUT2D eigenvalue weighted by molar-refractivity contribution is 6.26. The molecule has 0 saturated carbocycles. The Kier molecular flexibility index (Phi) is 5.78. The van der Waals surface area contributed by atoms with Gasteiger partial charge in [0.15, 0.2) is 16.1 Å². The summed E-state index contributed by atoms with van der Waals surface area (Å²) < 4.78 is 9.97. The Bertz CT molecular complexity index is 136. The number of esters is 1. The second kappa shape index (κ2) is 6.12. The van der Waals surface area contributed by atoms with Crippen LogP contribution < -0.4 is 0 Å². The maximum Gasteiger partial charge on any atom is 0.332 e. The van der Waals surface area contributed by atoms with E-state index in [1.54, 1.807) is 6.92 Å². The summed E-state index contributed by atoms with van der Waals surface area (Å²) in [5.74, 6) is -0.428. The highest BCUT2D eigenvalue weighted by atomic mass is 28.2. The molecule has 0 aromatic carbocycles. The van der Waals surface area contributed by atoms with E-state index in [-0.39, 0.29) is 0 Å². The summed E-state index contributed by atoms with van der Waals surface area (Å²) in [5.41, 5.74) is 0. The first-order chi connectivity index (χ1) is 5.20. The van der Waals surface area contributed by atoms with Gasteiger partial charge in [-0.05, 0) is 13.0 Å². The third-order valence-corrected chi connectivity index (χ3v) is 2.12. The molecule has 11 heavy (non-hydrogen) atoms. The van der Waals surface area contributed by atoms with E-state index in [1.165, 1.54) is 0 Å². The minimum absolute atomic E-state index is 0.410. The topological polar surface area (TPSA) is 35.5 Å². The molecule has 0 N–H and O–H groups in total. The van der Waals surface area contributed by atoms with Gasteiger partial charge in [-0.1, -0.05) is 13.5 Å². The van der Waals surface area contributed by atoms with E-state index in [4.69, 9.17) is 9.16 Å². The minimum atomic E-state index is -0.488. The lowest BCUT2D eigenvalue weighted by Crippen LogP contribution is -2.18. The fraction of sp³-hybridized carbons (Fsp3) is 0.571. The number of ether oxygens (including phenoxy) is 1. The van der Waals surface area contributed by atoms with Crippen molar-refractivity contribution in [2.24, 2.45) is 0 Å². The van der Waals surface area contributed by atoms with E-state index >= 15 is 0 Å². The second-order valence-corrected chi connectivity index (χ2v) is 3.82. The zero-order chi connectivity index (χ0) is 8.69. The van der Waals surface area contributed by atoms with Crippen LogP contribution in [0.3, 0.4) is 0 Å². The van der Waals surface area contributed by atoms with Crippen molar-refractivity contribution in [3.63, 3.8) is 0 Å². The highest BCUT2D eigenvalue weighted by Gasteiger charge is 2.04. The summed E-state index contributed by atoms with van der Waals surface area (Å²) in [5, 5.41) is 0. The Balaban J connectivity index is 3.43. The van der Waals surface area contributed by atoms with Crippen LogP contribution in [-0.2, 0) is 14.0 Å². The first-order valence-corrected chi connectivity index (χ1v) is 5.23. The van der Waals surface area contributed by atoms with Gasteiger partial charge in [0.25, 0.3) is 0 Å². The molecule has 0 aromatic rings. The van der Waals surface area contributed by atoms with Gasteiger partial charge in [-0.2, -0.15) is 0 Å². The van der Waals surface area contributed by atoms with Crippen LogP contribution in [-0.4, -0.2) is 22.0 Å². The van der Waals surface area contributed by atoms with Crippen molar-refractivity contribution in [1.29, 1.82) is 0 Å². The van der Waals surface area contributed by atoms with Gasteiger partial charge in [0, 0.05) is 6.08 Å². The largest absolute Gasteiger partial charge is 0.434 e. The lowest BCUT2D eigenvalue weighted by atomic mass is 10.6. The summed E-state index contributed by atoms with van der Waals surface area (Å²) in [6.07, 6.45) is 0.722. The normalized spacial score (nSPS) is 13.3. The molecule has 1 unspecified atom stereocenters. The average molecular weight is 174 g/mol. The van der Waals surface area contributed by atoms with Crippen LogP contribution in [0.4, 0.5) is 0 Å². The molecule has 0 saturated heterocycles. The third-order valence-electron chi connectivity index (χ3n) is 1.01. The lowest BCUT2D eigenvalue weighted by molar-refractivity contribution is -0.154. The van der Waals surface area contributed by atoms with E-state index in [1.807, 2.05) is 6.92 Å². The fourth-order valence-electron chi connectivity index (χ4n) is 0.530. The zero-order valence-electron chi connectivity index (χ0n) is 7.00. The van der Waals surface area contributed by atoms with Gasteiger partial charge < -0.3 is 9.16 Å². The van der Waals surface area contributed by atoms with Crippen molar-refractivity contribution in [2.75, 3.05) is 0 Å². The molecule has 0 aliphatic heterocycles. The molecule has 0 amide bonds. The molecule has 0 aromatic heterocycles. The predicted octanol–water partition coefficient (Wildman–Crippen LogP) is 0.600. The number of carbonyl (C=O) groups excluding carboxylic acids is 1. The zero-order valence-corrected chi connectivity index (χ0v) is 8.41. The number of carbonyl (C=O) groups is 1. The average Bonchev–Trinajstić information content (AvgIpc) is 2.00. The summed E-state index contributed by atoms with van der Waals surface area (Å²) in [6.45, 7) is 7.04. The van der Waals surface area contributed by atoms with Crippen molar-refractivity contribution in [2.45, 2.75) is 26.2 Å². The maximum absolute atomic E-state index is 10.6. The number of rotatable bonds is 5. The fourth-order valence-corrected chi connectivity index (χ4v) is 1.17. The van der Waals surface area contributed by atoms with Gasteiger partial charge in [0.2, 0.25) is 0 Å². The van der Waals surface area contributed by atoms with Crippen molar-refractivity contribution in [3.8, 4) is 0 Å². The number of hydrogen-bond acceptors (Lipinski definition) is 3. The van der Waals surface area contributed by atoms with Crippen molar-refractivity contribution < 1.29 is 14.0 Å². The smallest absolute Gasteiger partial charge is 0.332 e. The Morgan fingerprint density at radius 2 is 2.45 bits per heavy atom. The van der Waals surface area contributed by atoms with Gasteiger partial charge in [-0.15, -0.1) is 0 Å². The van der Waals surface area contributed by atoms with Crippen LogP contribution in [0.25, 0.3) is 0 Å². The highest BCUT2D eigenvalue weighted by Crippen LogP contribution is 1.94. The van der Waals surface area contributed by atoms with Crippen LogP contribution in [0.15, 0.2) is 12.7 Å². The monoisotopic (exact) mass is 174 g/mol. The van der Waals surface area contributed by atoms with Crippen molar-refractivity contribution in [3.05, 3.63) is 12.7 Å². The molecule has 1 atom stereocenters. The Morgan fingerprint density at radius 3 is 2.91 bits per heavy atom. The Morgan fingerprint density at radius 1 is 1.82 bits per heavy atom. The summed E-state index contributed by atoms with van der Waals surface area (Å²) >= 11 is 0. The maximum atomic E-state index is 10.6. The molecular weight excluding hydrogens is 160 g/mol. The molecule has 0 aliphatic carbocycles. The van der Waals surface area contributed by atoms with Crippen LogP contribution in [0, 0.1) is 0 Å². The molecular formula is C7H14O3Si. The lowest BCUT2D eigenvalue weighted by Gasteiger charge is -2.11. The summed E-state index contributed by atoms with van der Waals surface area (Å²) in [4.78, 5) is 10.6. The van der Waals surface area contributed by atoms with Crippen LogP contribution in [0.5, 0.6) is 0 Å². The van der Waals surface area contributed by atoms with Crippen LogP contribution >= 0.6 is 0 Å². The van der Waals surface area contributed by atoms with E-state index in [0.29, 0.717) is 0 Å². The molecule has 0 rings (SSSR count). The number of hydrogen-bond donors (Lipinski definition) is 0. The van der Waals surface area contributed by atoms with E-state index in [9.17, 15) is 4.79 Å². The first kappa shape index (κ1) is 10.4. The summed E-state index contributed by atoms with van der Waals surface area (Å²) in [7, 11) is -0.488. The van der Waals surface area contributed by atoms with Gasteiger partial charge in [0.1, 0.15) is 0 Å². The molecule has 3 nitrogen and oxygen atoms in total.